The van der Waals surface area contributed by atoms with Gasteiger partial charge in [-0.25, -0.2) is 0 Å². The van der Waals surface area contributed by atoms with Gasteiger partial charge in [0.05, 0.1) is 6.04 Å². The molecule has 1 heterocycles. The zero-order chi connectivity index (χ0) is 14.0. The number of nitrogens with two attached hydrogens (primary N) is 1. The summed E-state index contributed by atoms with van der Waals surface area (Å²) >= 11 is 0. The average Bonchev–Trinajstić information content (AvgIpc) is 2.87. The summed E-state index contributed by atoms with van der Waals surface area (Å²) in [7, 11) is 0. The summed E-state index contributed by atoms with van der Waals surface area (Å²) in [6, 6.07) is 8.47. The zero-order valence-electron chi connectivity index (χ0n) is 12.5. The fourth-order valence-corrected chi connectivity index (χ4v) is 3.47. The first kappa shape index (κ1) is 16.4. The third kappa shape index (κ3) is 3.44. The van der Waals surface area contributed by atoms with Crippen molar-refractivity contribution in [3.05, 3.63) is 29.8 Å². The summed E-state index contributed by atoms with van der Waals surface area (Å²) < 4.78 is 6.33. The van der Waals surface area contributed by atoms with Crippen LogP contribution in [0, 0.1) is 0 Å². The summed E-state index contributed by atoms with van der Waals surface area (Å²) in [5.41, 5.74) is 7.15. The Morgan fingerprint density at radius 1 is 1.38 bits per heavy atom. The second kappa shape index (κ2) is 6.85. The molecule has 1 aliphatic heterocycles. The molecular formula is C16H24IN3O. The number of hydrogen-bond donors (Lipinski definition) is 2. The van der Waals surface area contributed by atoms with E-state index in [0.29, 0.717) is 12.5 Å². The number of nitrogens with one attached hydrogen (secondary N) is 1. The number of guanidine groups is 1. The lowest BCUT2D eigenvalue weighted by Crippen LogP contribution is -2.45. The third-order valence-corrected chi connectivity index (χ3v) is 4.36. The Labute approximate surface area is 143 Å². The first-order valence-electron chi connectivity index (χ1n) is 7.57. The normalized spacial score (nSPS) is 23.1. The van der Waals surface area contributed by atoms with Gasteiger partial charge in [-0.15, -0.1) is 24.0 Å². The van der Waals surface area contributed by atoms with E-state index in [2.05, 4.69) is 28.5 Å². The molecule has 0 bridgehead atoms. The second-order valence-electron chi connectivity index (χ2n) is 5.79. The Balaban J connectivity index is 0.00000161. The Morgan fingerprint density at radius 3 is 2.81 bits per heavy atom. The standard InChI is InChI=1S/C16H23N3O.HI/c1-2-18-15(17)19-13-11-16(9-5-6-10-16)20-14-8-4-3-7-12(13)14;/h3-4,7-8,13H,2,5-6,9-11H2,1H3,(H3,17,18,19);1H. The van der Waals surface area contributed by atoms with Gasteiger partial charge in [0.25, 0.3) is 0 Å². The highest BCUT2D eigenvalue weighted by Crippen LogP contribution is 2.46. The topological polar surface area (TPSA) is 59.6 Å². The molecule has 1 aromatic rings. The Hall–Kier alpha value is -0.980. The van der Waals surface area contributed by atoms with Crippen LogP contribution in [-0.4, -0.2) is 18.1 Å². The van der Waals surface area contributed by atoms with Crippen molar-refractivity contribution in [1.82, 2.24) is 5.32 Å². The number of rotatable bonds is 2. The molecule has 1 atom stereocenters. The highest BCUT2D eigenvalue weighted by atomic mass is 127. The van der Waals surface area contributed by atoms with Crippen LogP contribution in [-0.2, 0) is 0 Å². The van der Waals surface area contributed by atoms with Crippen molar-refractivity contribution in [2.45, 2.75) is 50.7 Å². The van der Waals surface area contributed by atoms with Crippen molar-refractivity contribution in [2.75, 3.05) is 6.54 Å². The number of nitrogens with zero attached hydrogens (tertiary/aromatic N) is 1. The highest BCUT2D eigenvalue weighted by Gasteiger charge is 2.43. The third-order valence-electron chi connectivity index (χ3n) is 4.36. The number of ether oxygens (including phenoxy) is 1. The largest absolute Gasteiger partial charge is 0.487 e. The molecular weight excluding hydrogens is 377 g/mol. The maximum absolute atomic E-state index is 6.33. The molecule has 1 unspecified atom stereocenters. The minimum absolute atomic E-state index is 0. The Morgan fingerprint density at radius 2 is 2.10 bits per heavy atom. The number of hydrogen-bond acceptors (Lipinski definition) is 2. The summed E-state index contributed by atoms with van der Waals surface area (Å²) in [5.74, 6) is 1.53. The van der Waals surface area contributed by atoms with E-state index in [-0.39, 0.29) is 35.6 Å². The molecule has 3 N–H and O–H groups in total. The molecule has 2 aliphatic rings. The predicted molar refractivity (Wildman–Crippen MR) is 96.3 cm³/mol. The fraction of sp³-hybridized carbons (Fsp3) is 0.562. The van der Waals surface area contributed by atoms with Gasteiger partial charge in [0.15, 0.2) is 5.96 Å². The molecule has 0 amide bonds. The smallest absolute Gasteiger partial charge is 0.189 e. The van der Waals surface area contributed by atoms with Crippen LogP contribution in [0.3, 0.4) is 0 Å². The minimum Gasteiger partial charge on any atom is -0.487 e. The van der Waals surface area contributed by atoms with Gasteiger partial charge in [-0.05, 0) is 38.7 Å². The average molecular weight is 401 g/mol. The first-order valence-corrected chi connectivity index (χ1v) is 7.57. The van der Waals surface area contributed by atoms with E-state index in [1.54, 1.807) is 0 Å². The van der Waals surface area contributed by atoms with Gasteiger partial charge >= 0.3 is 0 Å². The summed E-state index contributed by atoms with van der Waals surface area (Å²) in [5, 5.41) is 3.37. The maximum Gasteiger partial charge on any atom is 0.189 e. The molecule has 1 spiro atoms. The van der Waals surface area contributed by atoms with Crippen molar-refractivity contribution < 1.29 is 4.74 Å². The van der Waals surface area contributed by atoms with E-state index in [1.807, 2.05) is 13.0 Å². The SMILES string of the molecule is CCN=C(N)NC1CC2(CCCC2)Oc2ccccc21.I. The quantitative estimate of drug-likeness (QED) is 0.454. The van der Waals surface area contributed by atoms with Crippen LogP contribution < -0.4 is 15.8 Å². The molecule has 1 fully saturated rings. The molecule has 1 aliphatic carbocycles. The molecule has 0 saturated heterocycles. The van der Waals surface area contributed by atoms with Gasteiger partial charge < -0.3 is 15.8 Å². The second-order valence-corrected chi connectivity index (χ2v) is 5.79. The van der Waals surface area contributed by atoms with Crippen LogP contribution in [0.1, 0.15) is 50.6 Å². The monoisotopic (exact) mass is 401 g/mol. The molecule has 0 aromatic heterocycles. The van der Waals surface area contributed by atoms with Crippen molar-refractivity contribution in [3.8, 4) is 5.75 Å². The van der Waals surface area contributed by atoms with Gasteiger partial charge in [0.2, 0.25) is 0 Å². The Kier molecular flexibility index (Phi) is 5.35. The molecule has 1 aromatic carbocycles. The van der Waals surface area contributed by atoms with Crippen LogP contribution in [0.25, 0.3) is 0 Å². The number of para-hydroxylation sites is 1. The summed E-state index contributed by atoms with van der Waals surface area (Å²) in [6.07, 6.45) is 5.78. The van der Waals surface area contributed by atoms with Crippen LogP contribution in [0.5, 0.6) is 5.75 Å². The summed E-state index contributed by atoms with van der Waals surface area (Å²) in [6.45, 7) is 2.69. The molecule has 4 nitrogen and oxygen atoms in total. The molecule has 1 saturated carbocycles. The maximum atomic E-state index is 6.33. The molecule has 5 heteroatoms. The first-order chi connectivity index (χ1) is 9.72. The number of benzene rings is 1. The zero-order valence-corrected chi connectivity index (χ0v) is 14.8. The van der Waals surface area contributed by atoms with Gasteiger partial charge in [0.1, 0.15) is 11.4 Å². The fourth-order valence-electron chi connectivity index (χ4n) is 3.47. The van der Waals surface area contributed by atoms with Crippen LogP contribution >= 0.6 is 24.0 Å². The van der Waals surface area contributed by atoms with E-state index in [0.717, 1.165) is 25.0 Å². The number of halogens is 1. The van der Waals surface area contributed by atoms with Crippen LogP contribution in [0.15, 0.2) is 29.3 Å². The van der Waals surface area contributed by atoms with E-state index in [9.17, 15) is 0 Å². The predicted octanol–water partition coefficient (Wildman–Crippen LogP) is 3.37. The van der Waals surface area contributed by atoms with Gasteiger partial charge in [-0.2, -0.15) is 0 Å². The van der Waals surface area contributed by atoms with Gasteiger partial charge in [0, 0.05) is 18.5 Å². The van der Waals surface area contributed by atoms with E-state index < -0.39 is 0 Å². The van der Waals surface area contributed by atoms with Crippen molar-refractivity contribution in [2.24, 2.45) is 10.7 Å². The Bertz CT molecular complexity index is 512. The van der Waals surface area contributed by atoms with E-state index in [1.165, 1.54) is 18.4 Å². The van der Waals surface area contributed by atoms with Gasteiger partial charge in [-0.1, -0.05) is 18.2 Å². The molecule has 3 rings (SSSR count). The van der Waals surface area contributed by atoms with Crippen LogP contribution in [0.4, 0.5) is 0 Å². The molecule has 116 valence electrons. The van der Waals surface area contributed by atoms with Crippen LogP contribution in [0.2, 0.25) is 0 Å². The van der Waals surface area contributed by atoms with Crippen molar-refractivity contribution >= 4 is 29.9 Å². The minimum atomic E-state index is -0.00147. The lowest BCUT2D eigenvalue weighted by atomic mass is 9.86. The summed E-state index contributed by atoms with van der Waals surface area (Å²) in [4.78, 5) is 4.25. The van der Waals surface area contributed by atoms with Gasteiger partial charge in [-0.3, -0.25) is 4.99 Å². The van der Waals surface area contributed by atoms with Crippen molar-refractivity contribution in [1.29, 1.82) is 0 Å². The lowest BCUT2D eigenvalue weighted by molar-refractivity contribution is 0.0397. The molecule has 21 heavy (non-hydrogen) atoms. The highest BCUT2D eigenvalue weighted by molar-refractivity contribution is 14.0. The molecule has 0 radical (unpaired) electrons. The van der Waals surface area contributed by atoms with Crippen molar-refractivity contribution in [3.63, 3.8) is 0 Å². The van der Waals surface area contributed by atoms with E-state index in [4.69, 9.17) is 10.5 Å². The van der Waals surface area contributed by atoms with E-state index >= 15 is 0 Å². The lowest BCUT2D eigenvalue weighted by Gasteiger charge is -2.40. The number of aliphatic imine (C=N–C) groups is 1. The number of fused-ring (bicyclic) bond motifs is 1.